The molecule has 1 aliphatic rings. The zero-order chi connectivity index (χ0) is 20.5. The van der Waals surface area contributed by atoms with Gasteiger partial charge < -0.3 is 9.30 Å². The number of fused-ring (bicyclic) bond motifs is 1. The number of carbonyl (C=O) groups is 1. The summed E-state index contributed by atoms with van der Waals surface area (Å²) < 4.78 is 7.43. The first kappa shape index (κ1) is 19.5. The summed E-state index contributed by atoms with van der Waals surface area (Å²) in [6.45, 7) is 4.80. The first-order valence-electron chi connectivity index (χ1n) is 9.59. The number of amides is 1. The molecule has 0 N–H and O–H groups in total. The van der Waals surface area contributed by atoms with E-state index in [0.717, 1.165) is 39.4 Å². The molecule has 1 amide bonds. The molecule has 3 aromatic rings. The lowest BCUT2D eigenvalue weighted by atomic mass is 10.1. The number of aryl methyl sites for hydroxylation is 1. The Labute approximate surface area is 174 Å². The summed E-state index contributed by atoms with van der Waals surface area (Å²) in [6.07, 6.45) is 0. The van der Waals surface area contributed by atoms with Crippen LogP contribution in [-0.4, -0.2) is 44.9 Å². The van der Waals surface area contributed by atoms with Crippen molar-refractivity contribution in [2.45, 2.75) is 13.8 Å². The molecule has 2 heterocycles. The summed E-state index contributed by atoms with van der Waals surface area (Å²) >= 11 is 1.30. The number of ether oxygens (including phenoxy) is 1. The Morgan fingerprint density at radius 1 is 1.17 bits per heavy atom. The van der Waals surface area contributed by atoms with Gasteiger partial charge in [-0.3, -0.25) is 4.79 Å². The van der Waals surface area contributed by atoms with Crippen LogP contribution >= 0.6 is 11.8 Å². The van der Waals surface area contributed by atoms with E-state index in [0.29, 0.717) is 18.2 Å². The minimum atomic E-state index is 0.0154. The molecule has 2 aromatic carbocycles. The van der Waals surface area contributed by atoms with Gasteiger partial charge in [0.15, 0.2) is 0 Å². The van der Waals surface area contributed by atoms with Crippen molar-refractivity contribution < 1.29 is 9.53 Å². The van der Waals surface area contributed by atoms with Gasteiger partial charge in [-0.25, -0.2) is 9.99 Å². The fourth-order valence-corrected chi connectivity index (χ4v) is 4.17. The minimum absolute atomic E-state index is 0.0154. The van der Waals surface area contributed by atoms with Crippen LogP contribution in [0.3, 0.4) is 0 Å². The third-order valence-electron chi connectivity index (χ3n) is 4.86. The van der Waals surface area contributed by atoms with Crippen LogP contribution in [0.5, 0.6) is 5.75 Å². The molecule has 0 fully saturated rings. The van der Waals surface area contributed by atoms with Gasteiger partial charge >= 0.3 is 5.24 Å². The summed E-state index contributed by atoms with van der Waals surface area (Å²) in [5.74, 6) is 2.63. The zero-order valence-corrected chi connectivity index (χ0v) is 17.9. The average molecular weight is 409 g/mol. The molecule has 0 spiro atoms. The highest BCUT2D eigenvalue weighted by Gasteiger charge is 2.23. The maximum atomic E-state index is 12.1. The Morgan fingerprint density at radius 3 is 2.76 bits per heavy atom. The van der Waals surface area contributed by atoms with Gasteiger partial charge in [0.25, 0.3) is 0 Å². The average Bonchev–Trinajstić information content (AvgIpc) is 3.05. The number of methoxy groups -OCH3 is 1. The van der Waals surface area contributed by atoms with E-state index in [-0.39, 0.29) is 5.24 Å². The number of carbonyl (C=O) groups excluding carboxylic acids is 1. The van der Waals surface area contributed by atoms with Crippen LogP contribution in [0.2, 0.25) is 0 Å². The summed E-state index contributed by atoms with van der Waals surface area (Å²) in [6, 6.07) is 14.1. The lowest BCUT2D eigenvalue weighted by molar-refractivity contribution is 0.218. The third kappa shape index (κ3) is 3.87. The van der Waals surface area contributed by atoms with E-state index in [2.05, 4.69) is 41.7 Å². The second-order valence-electron chi connectivity index (χ2n) is 7.51. The molecule has 0 saturated heterocycles. The molecule has 0 saturated carbocycles. The van der Waals surface area contributed by atoms with Crippen LogP contribution in [0.25, 0.3) is 22.4 Å². The predicted molar refractivity (Wildman–Crippen MR) is 119 cm³/mol. The smallest absolute Gasteiger partial charge is 0.302 e. The fourth-order valence-electron chi connectivity index (χ4n) is 3.42. The van der Waals surface area contributed by atoms with Crippen LogP contribution in [0.15, 0.2) is 47.6 Å². The first-order valence-corrected chi connectivity index (χ1v) is 10.6. The summed E-state index contributed by atoms with van der Waals surface area (Å²) in [4.78, 5) is 17.0. The van der Waals surface area contributed by atoms with Crippen molar-refractivity contribution in [3.63, 3.8) is 0 Å². The number of hydrogen-bond acceptors (Lipinski definition) is 5. The molecule has 4 rings (SSSR count). The van der Waals surface area contributed by atoms with Crippen molar-refractivity contribution in [1.29, 1.82) is 0 Å². The second kappa shape index (κ2) is 7.91. The van der Waals surface area contributed by atoms with Crippen LogP contribution < -0.4 is 4.74 Å². The molecule has 6 nitrogen and oxygen atoms in total. The standard InChI is InChI=1S/C22H24N4O2S/c1-14(2)12-26-22(27)29-13-19(24-26)15-8-9-20-18(11-15)23-21(25(20)3)16-6-5-7-17(10-16)28-4/h5-11,14H,12-13H2,1-4H3. The van der Waals surface area contributed by atoms with Crippen LogP contribution in [0.1, 0.15) is 19.4 Å². The minimum Gasteiger partial charge on any atom is -0.497 e. The SMILES string of the molecule is COc1cccc(-c2nc3cc(C4=NN(CC(C)C)C(=O)SC4)ccc3n2C)c1. The molecule has 0 radical (unpaired) electrons. The maximum absolute atomic E-state index is 12.1. The molecule has 29 heavy (non-hydrogen) atoms. The maximum Gasteiger partial charge on any atom is 0.302 e. The Balaban J connectivity index is 1.72. The van der Waals surface area contributed by atoms with Gasteiger partial charge in [-0.15, -0.1) is 0 Å². The molecule has 7 heteroatoms. The van der Waals surface area contributed by atoms with Crippen molar-refractivity contribution in [2.75, 3.05) is 19.4 Å². The van der Waals surface area contributed by atoms with Gasteiger partial charge in [-0.1, -0.05) is 43.8 Å². The van der Waals surface area contributed by atoms with Gasteiger partial charge in [0.05, 0.1) is 23.9 Å². The fraction of sp³-hybridized carbons (Fsp3) is 0.318. The van der Waals surface area contributed by atoms with E-state index < -0.39 is 0 Å². The van der Waals surface area contributed by atoms with E-state index in [1.54, 1.807) is 12.1 Å². The van der Waals surface area contributed by atoms with E-state index in [9.17, 15) is 4.79 Å². The molecule has 1 aromatic heterocycles. The van der Waals surface area contributed by atoms with Crippen LogP contribution in [0, 0.1) is 5.92 Å². The van der Waals surface area contributed by atoms with Crippen LogP contribution in [0.4, 0.5) is 4.79 Å². The molecule has 1 aliphatic heterocycles. The summed E-state index contributed by atoms with van der Waals surface area (Å²) in [5.41, 5.74) is 4.87. The van der Waals surface area contributed by atoms with Gasteiger partial charge in [0.1, 0.15) is 11.6 Å². The van der Waals surface area contributed by atoms with Crippen molar-refractivity contribution in [3.8, 4) is 17.1 Å². The first-order chi connectivity index (χ1) is 14.0. The highest BCUT2D eigenvalue weighted by atomic mass is 32.2. The van der Waals surface area contributed by atoms with E-state index in [1.807, 2.05) is 31.3 Å². The molecule has 0 atom stereocenters. The third-order valence-corrected chi connectivity index (χ3v) is 5.74. The Morgan fingerprint density at radius 2 is 2.00 bits per heavy atom. The van der Waals surface area contributed by atoms with Gasteiger partial charge in [-0.2, -0.15) is 5.10 Å². The van der Waals surface area contributed by atoms with Crippen LogP contribution in [-0.2, 0) is 7.05 Å². The number of imidazole rings is 1. The Bertz CT molecular complexity index is 1100. The van der Waals surface area contributed by atoms with Crippen molar-refractivity contribution in [2.24, 2.45) is 18.1 Å². The Hall–Kier alpha value is -2.80. The van der Waals surface area contributed by atoms with Gasteiger partial charge in [-0.05, 0) is 30.2 Å². The lowest BCUT2D eigenvalue weighted by Gasteiger charge is -2.24. The molecule has 150 valence electrons. The predicted octanol–water partition coefficient (Wildman–Crippen LogP) is 4.78. The largest absolute Gasteiger partial charge is 0.497 e. The van der Waals surface area contributed by atoms with Crippen molar-refractivity contribution in [1.82, 2.24) is 14.6 Å². The summed E-state index contributed by atoms with van der Waals surface area (Å²) in [5, 5.41) is 6.22. The molecule has 0 aliphatic carbocycles. The number of rotatable bonds is 5. The normalized spacial score (nSPS) is 14.6. The molecular formula is C22H24N4O2S. The number of hydrogen-bond donors (Lipinski definition) is 0. The highest BCUT2D eigenvalue weighted by molar-refractivity contribution is 8.14. The van der Waals surface area contributed by atoms with Gasteiger partial charge in [0.2, 0.25) is 0 Å². The second-order valence-corrected chi connectivity index (χ2v) is 8.43. The number of benzene rings is 2. The monoisotopic (exact) mass is 408 g/mol. The molecule has 0 bridgehead atoms. The summed E-state index contributed by atoms with van der Waals surface area (Å²) in [7, 11) is 3.68. The molecular weight excluding hydrogens is 384 g/mol. The van der Waals surface area contributed by atoms with E-state index >= 15 is 0 Å². The number of thioether (sulfide) groups is 1. The zero-order valence-electron chi connectivity index (χ0n) is 17.0. The number of hydrazone groups is 1. The van der Waals surface area contributed by atoms with Crippen molar-refractivity contribution >= 4 is 33.7 Å². The topological polar surface area (TPSA) is 59.7 Å². The van der Waals surface area contributed by atoms with Gasteiger partial charge in [0, 0.05) is 30.5 Å². The Kier molecular flexibility index (Phi) is 5.32. The van der Waals surface area contributed by atoms with E-state index in [4.69, 9.17) is 9.72 Å². The van der Waals surface area contributed by atoms with E-state index in [1.165, 1.54) is 11.8 Å². The number of aromatic nitrogens is 2. The molecule has 0 unspecified atom stereocenters. The van der Waals surface area contributed by atoms with Crippen molar-refractivity contribution in [3.05, 3.63) is 48.0 Å². The number of nitrogens with zero attached hydrogens (tertiary/aromatic N) is 4. The lowest BCUT2D eigenvalue weighted by Crippen LogP contribution is -2.32. The quantitative estimate of drug-likeness (QED) is 0.610. The highest BCUT2D eigenvalue weighted by Crippen LogP contribution is 2.28.